The van der Waals surface area contributed by atoms with E-state index in [1.165, 1.54) is 22.3 Å². The maximum Gasteiger partial charge on any atom is 0.0783 e. The molecule has 2 aliphatic rings. The summed E-state index contributed by atoms with van der Waals surface area (Å²) in [4.78, 5) is 0. The van der Waals surface area contributed by atoms with E-state index in [0.29, 0.717) is 0 Å². The summed E-state index contributed by atoms with van der Waals surface area (Å²) in [6.07, 6.45) is 3.70. The number of benzene rings is 2. The summed E-state index contributed by atoms with van der Waals surface area (Å²) in [5, 5.41) is 11.7. The lowest BCUT2D eigenvalue weighted by atomic mass is 9.92. The van der Waals surface area contributed by atoms with Crippen LogP contribution in [0.15, 0.2) is 76.4 Å². The first-order valence-electron chi connectivity index (χ1n) is 6.53. The first-order chi connectivity index (χ1) is 9.95. The van der Waals surface area contributed by atoms with Gasteiger partial charge in [-0.2, -0.15) is 0 Å². The molecule has 2 aromatic rings. The molecule has 96 valence electrons. The van der Waals surface area contributed by atoms with Gasteiger partial charge in [0.1, 0.15) is 0 Å². The highest BCUT2D eigenvalue weighted by molar-refractivity contribution is 6.06. The zero-order valence-electron chi connectivity index (χ0n) is 10.7. The molecule has 2 aromatic carbocycles. The number of fused-ring (bicyclic) bond motifs is 3. The molecule has 0 saturated heterocycles. The molecular weight excluding hydrogens is 248 g/mol. The Hall–Kier alpha value is -2.75. The molecule has 0 aromatic heterocycles. The van der Waals surface area contributed by atoms with Gasteiger partial charge in [0.15, 0.2) is 0 Å². The Morgan fingerprint density at radius 3 is 2.20 bits per heavy atom. The van der Waals surface area contributed by atoms with Crippen molar-refractivity contribution in [3.05, 3.63) is 71.9 Å². The fraction of sp³-hybridized carbons (Fsp3) is 0.0625. The summed E-state index contributed by atoms with van der Waals surface area (Å²) in [7, 11) is 0. The molecule has 0 amide bonds. The topological polar surface area (TPSA) is 49.1 Å². The Morgan fingerprint density at radius 1 is 0.850 bits per heavy atom. The highest BCUT2D eigenvalue weighted by Crippen LogP contribution is 2.45. The van der Waals surface area contributed by atoms with Gasteiger partial charge in [-0.1, -0.05) is 48.5 Å². The van der Waals surface area contributed by atoms with Crippen molar-refractivity contribution in [1.82, 2.24) is 5.43 Å². The number of hydrogen-bond donors (Lipinski definition) is 1. The van der Waals surface area contributed by atoms with Crippen LogP contribution in [0.2, 0.25) is 0 Å². The van der Waals surface area contributed by atoms with E-state index in [2.05, 4.69) is 69.5 Å². The number of allylic oxidation sites excluding steroid dienone is 1. The first kappa shape index (κ1) is 11.1. The molecular formula is C16H12N4. The van der Waals surface area contributed by atoms with Crippen molar-refractivity contribution in [2.24, 2.45) is 15.5 Å². The second kappa shape index (κ2) is 4.42. The van der Waals surface area contributed by atoms with Gasteiger partial charge in [0, 0.05) is 6.20 Å². The minimum absolute atomic E-state index is 0.123. The second-order valence-electron chi connectivity index (χ2n) is 4.78. The molecule has 0 unspecified atom stereocenters. The van der Waals surface area contributed by atoms with E-state index < -0.39 is 0 Å². The maximum absolute atomic E-state index is 4.23. The molecule has 1 aliphatic carbocycles. The second-order valence-corrected chi connectivity index (χ2v) is 4.78. The lowest BCUT2D eigenvalue weighted by molar-refractivity contribution is 0.831. The van der Waals surface area contributed by atoms with Gasteiger partial charge in [0.2, 0.25) is 0 Å². The van der Waals surface area contributed by atoms with E-state index in [0.717, 1.165) is 5.71 Å². The molecule has 0 radical (unpaired) electrons. The van der Waals surface area contributed by atoms with Crippen molar-refractivity contribution in [2.45, 2.75) is 5.92 Å². The smallest absolute Gasteiger partial charge is 0.0783 e. The predicted molar refractivity (Wildman–Crippen MR) is 78.3 cm³/mol. The normalized spacial score (nSPS) is 16.1. The van der Waals surface area contributed by atoms with Gasteiger partial charge >= 0.3 is 0 Å². The van der Waals surface area contributed by atoms with E-state index in [-0.39, 0.29) is 5.92 Å². The Balaban J connectivity index is 1.96. The van der Waals surface area contributed by atoms with Crippen molar-refractivity contribution in [3.8, 4) is 11.1 Å². The van der Waals surface area contributed by atoms with E-state index >= 15 is 0 Å². The molecule has 1 N–H and O–H groups in total. The molecule has 0 saturated carbocycles. The van der Waals surface area contributed by atoms with Crippen molar-refractivity contribution >= 4 is 5.71 Å². The third kappa shape index (κ3) is 1.58. The van der Waals surface area contributed by atoms with Crippen LogP contribution in [0.1, 0.15) is 17.0 Å². The van der Waals surface area contributed by atoms with Crippen molar-refractivity contribution in [3.63, 3.8) is 0 Å². The minimum atomic E-state index is 0.123. The van der Waals surface area contributed by atoms with Crippen LogP contribution in [-0.2, 0) is 0 Å². The van der Waals surface area contributed by atoms with Gasteiger partial charge in [-0.3, -0.25) is 5.43 Å². The number of hydrogen-bond acceptors (Lipinski definition) is 4. The molecule has 4 nitrogen and oxygen atoms in total. The van der Waals surface area contributed by atoms with Crippen LogP contribution < -0.4 is 5.43 Å². The summed E-state index contributed by atoms with van der Waals surface area (Å²) in [5.74, 6) is 0.123. The quantitative estimate of drug-likeness (QED) is 0.836. The Kier molecular flexibility index (Phi) is 2.45. The first-order valence-corrected chi connectivity index (χ1v) is 6.53. The highest BCUT2D eigenvalue weighted by Gasteiger charge is 2.31. The third-order valence-corrected chi connectivity index (χ3v) is 3.72. The largest absolute Gasteiger partial charge is 0.266 e. The molecule has 4 rings (SSSR count). The molecule has 0 fully saturated rings. The van der Waals surface area contributed by atoms with Crippen LogP contribution in [-0.4, -0.2) is 5.71 Å². The molecule has 0 bridgehead atoms. The van der Waals surface area contributed by atoms with Crippen LogP contribution in [0.25, 0.3) is 11.1 Å². The minimum Gasteiger partial charge on any atom is -0.266 e. The van der Waals surface area contributed by atoms with E-state index in [1.807, 2.05) is 6.08 Å². The van der Waals surface area contributed by atoms with E-state index in [1.54, 1.807) is 6.20 Å². The summed E-state index contributed by atoms with van der Waals surface area (Å²) >= 11 is 0. The molecule has 0 spiro atoms. The molecule has 1 heterocycles. The Bertz CT molecular complexity index is 713. The Labute approximate surface area is 116 Å². The van der Waals surface area contributed by atoms with Gasteiger partial charge in [0.05, 0.1) is 11.6 Å². The van der Waals surface area contributed by atoms with Gasteiger partial charge < -0.3 is 0 Å². The van der Waals surface area contributed by atoms with Crippen LogP contribution >= 0.6 is 0 Å². The number of nitrogens with one attached hydrogen (secondary N) is 1. The van der Waals surface area contributed by atoms with Gasteiger partial charge in [-0.15, -0.1) is 5.10 Å². The molecule has 0 atom stereocenters. The van der Waals surface area contributed by atoms with Crippen LogP contribution in [0.5, 0.6) is 0 Å². The average Bonchev–Trinajstić information content (AvgIpc) is 2.65. The molecule has 20 heavy (non-hydrogen) atoms. The zero-order valence-corrected chi connectivity index (χ0v) is 10.7. The fourth-order valence-corrected chi connectivity index (χ4v) is 2.92. The lowest BCUT2D eigenvalue weighted by Gasteiger charge is -2.12. The number of rotatable bonds is 1. The van der Waals surface area contributed by atoms with E-state index in [4.69, 9.17) is 0 Å². The van der Waals surface area contributed by atoms with Gasteiger partial charge in [0.25, 0.3) is 0 Å². The standard InChI is InChI=1S/C16H12N4/c1-3-7-13-11(5-1)12-6-2-4-8-14(12)16(13)15-9-10-17-19-20-18-15/h1-10,16H,(H,17,20). The average molecular weight is 260 g/mol. The maximum atomic E-state index is 4.23. The summed E-state index contributed by atoms with van der Waals surface area (Å²) in [6, 6.07) is 16.9. The van der Waals surface area contributed by atoms with Crippen molar-refractivity contribution in [2.75, 3.05) is 0 Å². The van der Waals surface area contributed by atoms with Crippen molar-refractivity contribution in [1.29, 1.82) is 0 Å². The monoisotopic (exact) mass is 260 g/mol. The van der Waals surface area contributed by atoms with E-state index in [9.17, 15) is 0 Å². The zero-order chi connectivity index (χ0) is 13.4. The van der Waals surface area contributed by atoms with Gasteiger partial charge in [-0.25, -0.2) is 0 Å². The third-order valence-electron chi connectivity index (χ3n) is 3.72. The lowest BCUT2D eigenvalue weighted by Crippen LogP contribution is -2.09. The molecule has 1 aliphatic heterocycles. The Morgan fingerprint density at radius 2 is 1.50 bits per heavy atom. The fourth-order valence-electron chi connectivity index (χ4n) is 2.92. The summed E-state index contributed by atoms with van der Waals surface area (Å²) in [5.41, 5.74) is 8.71. The molecule has 4 heteroatoms. The predicted octanol–water partition coefficient (Wildman–Crippen LogP) is 3.64. The number of nitrogens with zero attached hydrogens (tertiary/aromatic N) is 3. The SMILES string of the molecule is C1=CC(C2c3ccccc3-c3ccccc32)=NN=NN1. The van der Waals surface area contributed by atoms with Crippen LogP contribution in [0.3, 0.4) is 0 Å². The highest BCUT2D eigenvalue weighted by atomic mass is 15.5. The van der Waals surface area contributed by atoms with Crippen LogP contribution in [0, 0.1) is 0 Å². The summed E-state index contributed by atoms with van der Waals surface area (Å²) in [6.45, 7) is 0. The van der Waals surface area contributed by atoms with Crippen molar-refractivity contribution < 1.29 is 0 Å². The summed E-state index contributed by atoms with van der Waals surface area (Å²) < 4.78 is 0. The van der Waals surface area contributed by atoms with Gasteiger partial charge in [-0.05, 0) is 38.8 Å². The van der Waals surface area contributed by atoms with Crippen LogP contribution in [0.4, 0.5) is 0 Å².